The van der Waals surface area contributed by atoms with Crippen molar-refractivity contribution in [3.8, 4) is 5.75 Å². The van der Waals surface area contributed by atoms with Gasteiger partial charge in [0.1, 0.15) is 5.75 Å². The fraction of sp³-hybridized carbons (Fsp3) is 0.577. The fourth-order valence-corrected chi connectivity index (χ4v) is 7.80. The van der Waals surface area contributed by atoms with E-state index in [1.165, 1.54) is 52.4 Å². The van der Waals surface area contributed by atoms with Crippen molar-refractivity contribution in [1.82, 2.24) is 13.6 Å². The van der Waals surface area contributed by atoms with Crippen LogP contribution in [0.25, 0.3) is 0 Å². The number of methoxy groups -OCH3 is 1. The van der Waals surface area contributed by atoms with E-state index in [2.05, 4.69) is 4.98 Å². The van der Waals surface area contributed by atoms with Crippen LogP contribution in [-0.4, -0.2) is 74.9 Å². The highest BCUT2D eigenvalue weighted by Gasteiger charge is 2.31. The second-order valence-electron chi connectivity index (χ2n) is 10.0. The van der Waals surface area contributed by atoms with Crippen molar-refractivity contribution in [2.24, 2.45) is 11.8 Å². The maximum atomic E-state index is 13.4. The molecule has 0 aliphatic heterocycles. The smallest absolute Gasteiger partial charge is 0.243 e. The third-order valence-corrected chi connectivity index (χ3v) is 10.3. The summed E-state index contributed by atoms with van der Waals surface area (Å²) in [7, 11) is -6.13. The van der Waals surface area contributed by atoms with E-state index in [9.17, 15) is 21.9 Å². The summed E-state index contributed by atoms with van der Waals surface area (Å²) in [4.78, 5) is 4.20. The van der Waals surface area contributed by atoms with Crippen LogP contribution in [0.2, 0.25) is 0 Å². The first-order chi connectivity index (χ1) is 17.5. The molecule has 1 aliphatic carbocycles. The van der Waals surface area contributed by atoms with Gasteiger partial charge in [0.25, 0.3) is 0 Å². The lowest BCUT2D eigenvalue weighted by molar-refractivity contribution is 0.125. The number of aromatic nitrogens is 1. The summed E-state index contributed by atoms with van der Waals surface area (Å²) < 4.78 is 61.4. The summed E-state index contributed by atoms with van der Waals surface area (Å²) >= 11 is 0. The number of aliphatic hydroxyl groups is 1. The average molecular weight is 554 g/mol. The van der Waals surface area contributed by atoms with Gasteiger partial charge in [0.2, 0.25) is 20.0 Å². The number of nitrogens with zero attached hydrogens (tertiary/aromatic N) is 3. The highest BCUT2D eigenvalue weighted by Crippen LogP contribution is 2.28. The van der Waals surface area contributed by atoms with Gasteiger partial charge in [-0.1, -0.05) is 26.7 Å². The Labute approximate surface area is 221 Å². The molecule has 11 heteroatoms. The Kier molecular flexibility index (Phi) is 10.5. The van der Waals surface area contributed by atoms with Crippen molar-refractivity contribution in [2.45, 2.75) is 61.8 Å². The molecule has 206 valence electrons. The van der Waals surface area contributed by atoms with E-state index < -0.39 is 26.2 Å². The highest BCUT2D eigenvalue weighted by molar-refractivity contribution is 7.89. The summed E-state index contributed by atoms with van der Waals surface area (Å²) in [6.45, 7) is 4.41. The van der Waals surface area contributed by atoms with E-state index in [0.29, 0.717) is 12.3 Å². The van der Waals surface area contributed by atoms with Crippen molar-refractivity contribution >= 4 is 20.0 Å². The van der Waals surface area contributed by atoms with Crippen molar-refractivity contribution < 1.29 is 26.7 Å². The largest absolute Gasteiger partial charge is 0.497 e. The van der Waals surface area contributed by atoms with Crippen LogP contribution in [0.15, 0.2) is 58.6 Å². The van der Waals surface area contributed by atoms with Crippen LogP contribution in [0.3, 0.4) is 0 Å². The second kappa shape index (κ2) is 13.1. The summed E-state index contributed by atoms with van der Waals surface area (Å²) in [6.07, 6.45) is 6.11. The predicted molar refractivity (Wildman–Crippen MR) is 142 cm³/mol. The van der Waals surface area contributed by atoms with Crippen LogP contribution in [0, 0.1) is 11.8 Å². The molecule has 0 unspecified atom stereocenters. The Bertz CT molecular complexity index is 1180. The molecule has 1 atom stereocenters. The summed E-state index contributed by atoms with van der Waals surface area (Å²) in [5, 5.41) is 10.9. The molecule has 1 fully saturated rings. The molecule has 0 bridgehead atoms. The van der Waals surface area contributed by atoms with Gasteiger partial charge in [-0.2, -0.15) is 8.61 Å². The van der Waals surface area contributed by atoms with E-state index in [4.69, 9.17) is 4.74 Å². The van der Waals surface area contributed by atoms with Crippen molar-refractivity contribution in [3.63, 3.8) is 0 Å². The van der Waals surface area contributed by atoms with E-state index >= 15 is 0 Å². The van der Waals surface area contributed by atoms with Crippen LogP contribution in [0.4, 0.5) is 0 Å². The fourth-order valence-electron chi connectivity index (χ4n) is 4.64. The second-order valence-corrected chi connectivity index (χ2v) is 13.9. The monoisotopic (exact) mass is 553 g/mol. The lowest BCUT2D eigenvalue weighted by atomic mass is 10.1. The highest BCUT2D eigenvalue weighted by atomic mass is 32.2. The summed E-state index contributed by atoms with van der Waals surface area (Å²) in [5.41, 5.74) is 0. The lowest BCUT2D eigenvalue weighted by Gasteiger charge is -2.29. The average Bonchev–Trinajstić information content (AvgIpc) is 3.39. The summed E-state index contributed by atoms with van der Waals surface area (Å²) in [5.74, 6) is 0.861. The SMILES string of the molecule is COc1ccc(S(=O)(=O)N(CC(C)C)C[C@@H](O)CCN(CC2CCCC2)S(=O)(=O)c2ccncc2)cc1. The third-order valence-electron chi connectivity index (χ3n) is 6.62. The van der Waals surface area contributed by atoms with Crippen molar-refractivity contribution in [1.29, 1.82) is 0 Å². The summed E-state index contributed by atoms with van der Waals surface area (Å²) in [6, 6.07) is 9.08. The number of pyridine rings is 1. The van der Waals surface area contributed by atoms with Crippen molar-refractivity contribution in [2.75, 3.05) is 33.3 Å². The molecule has 1 N–H and O–H groups in total. The zero-order valence-electron chi connectivity index (χ0n) is 21.9. The van der Waals surface area contributed by atoms with Crippen LogP contribution < -0.4 is 4.74 Å². The van der Waals surface area contributed by atoms with E-state index in [-0.39, 0.29) is 47.7 Å². The Morgan fingerprint density at radius 2 is 1.49 bits per heavy atom. The zero-order chi connectivity index (χ0) is 27.1. The molecule has 1 aliphatic rings. The molecule has 0 spiro atoms. The van der Waals surface area contributed by atoms with Crippen molar-refractivity contribution in [3.05, 3.63) is 48.8 Å². The minimum atomic E-state index is -3.87. The quantitative estimate of drug-likeness (QED) is 0.381. The standard InChI is InChI=1S/C26H39N3O6S2/c1-21(2)18-29(37(33,34)25-10-8-24(35-3)9-11-25)20-23(30)14-17-28(19-22-6-4-5-7-22)36(31,32)26-12-15-27-16-13-26/h8-13,15-16,21-23,30H,4-7,14,17-20H2,1-3H3/t23-/m0/s1. The minimum Gasteiger partial charge on any atom is -0.497 e. The Hall–Kier alpha value is -2.05. The van der Waals surface area contributed by atoms with Crippen LogP contribution >= 0.6 is 0 Å². The molecule has 0 amide bonds. The van der Waals surface area contributed by atoms with Gasteiger partial charge in [-0.25, -0.2) is 16.8 Å². The maximum Gasteiger partial charge on any atom is 0.243 e. The predicted octanol–water partition coefficient (Wildman–Crippen LogP) is 3.37. The number of aliphatic hydroxyl groups excluding tert-OH is 1. The van der Waals surface area contributed by atoms with Gasteiger partial charge in [0.05, 0.1) is 23.0 Å². The van der Waals surface area contributed by atoms with Gasteiger partial charge in [0, 0.05) is 38.6 Å². The lowest BCUT2D eigenvalue weighted by Crippen LogP contribution is -2.42. The normalized spacial score (nSPS) is 16.1. The molecule has 1 heterocycles. The molecule has 37 heavy (non-hydrogen) atoms. The topological polar surface area (TPSA) is 117 Å². The van der Waals surface area contributed by atoms with Gasteiger partial charge in [0.15, 0.2) is 0 Å². The van der Waals surface area contributed by atoms with Crippen LogP contribution in [0.1, 0.15) is 46.0 Å². The van der Waals surface area contributed by atoms with Gasteiger partial charge >= 0.3 is 0 Å². The zero-order valence-corrected chi connectivity index (χ0v) is 23.5. The number of benzene rings is 1. The first kappa shape index (κ1) is 29.5. The molecule has 1 saturated carbocycles. The Morgan fingerprint density at radius 3 is 2.05 bits per heavy atom. The number of ether oxygens (including phenoxy) is 1. The molecule has 2 aromatic rings. The molecule has 1 aromatic heterocycles. The molecule has 0 saturated heterocycles. The van der Waals surface area contributed by atoms with Gasteiger partial charge in [-0.3, -0.25) is 4.98 Å². The number of hydrogen-bond donors (Lipinski definition) is 1. The molecule has 3 rings (SSSR count). The minimum absolute atomic E-state index is 0.0335. The van der Waals surface area contributed by atoms with Crippen LogP contribution in [-0.2, 0) is 20.0 Å². The van der Waals surface area contributed by atoms with E-state index in [1.807, 2.05) is 13.8 Å². The molecule has 1 aromatic carbocycles. The van der Waals surface area contributed by atoms with Gasteiger partial charge < -0.3 is 9.84 Å². The van der Waals surface area contributed by atoms with E-state index in [0.717, 1.165) is 25.7 Å². The molecular weight excluding hydrogens is 514 g/mol. The molecule has 0 radical (unpaired) electrons. The van der Waals surface area contributed by atoms with Gasteiger partial charge in [-0.05, 0) is 67.5 Å². The van der Waals surface area contributed by atoms with E-state index in [1.54, 1.807) is 12.1 Å². The maximum absolute atomic E-state index is 13.4. The number of hydrogen-bond acceptors (Lipinski definition) is 7. The number of sulfonamides is 2. The Morgan fingerprint density at radius 1 is 0.919 bits per heavy atom. The first-order valence-electron chi connectivity index (χ1n) is 12.8. The third kappa shape index (κ3) is 7.97. The molecule has 9 nitrogen and oxygen atoms in total. The number of rotatable bonds is 14. The Balaban J connectivity index is 1.75. The first-order valence-corrected chi connectivity index (χ1v) is 15.6. The molecular formula is C26H39N3O6S2. The van der Waals surface area contributed by atoms with Crippen LogP contribution in [0.5, 0.6) is 5.75 Å². The van der Waals surface area contributed by atoms with Gasteiger partial charge in [-0.15, -0.1) is 0 Å².